The monoisotopic (exact) mass is 138 g/mol. The number of nitriles is 1. The fraction of sp³-hybridized carbons (Fsp3) is 0.200. The Morgan fingerprint density at radius 2 is 2.67 bits per heavy atom. The molecule has 0 saturated heterocycles. The number of hydrogen-bond acceptors (Lipinski definition) is 3. The van der Waals surface area contributed by atoms with E-state index in [1.807, 2.05) is 6.07 Å². The molecule has 9 heavy (non-hydrogen) atoms. The molecule has 1 aromatic rings. The first kappa shape index (κ1) is 6.20. The topological polar surface area (TPSA) is 60.5 Å². The number of aromatic nitrogens is 1. The second kappa shape index (κ2) is 2.58. The van der Waals surface area contributed by atoms with Crippen LogP contribution in [0.25, 0.3) is 0 Å². The molecule has 0 aromatic carbocycles. The highest BCUT2D eigenvalue weighted by Crippen LogP contribution is 2.06. The van der Waals surface area contributed by atoms with E-state index in [2.05, 4.69) is 4.98 Å². The normalized spacial score (nSPS) is 8.89. The molecule has 1 N–H and O–H groups in total. The van der Waals surface area contributed by atoms with Crippen molar-refractivity contribution < 1.29 is 0 Å². The van der Waals surface area contributed by atoms with E-state index < -0.39 is 0 Å². The maximum Gasteiger partial charge on any atom is 0.151 e. The van der Waals surface area contributed by atoms with Crippen molar-refractivity contribution in [2.45, 2.75) is 6.54 Å². The minimum absolute atomic E-state index is 0.173. The molecule has 0 amide bonds. The smallest absolute Gasteiger partial charge is 0.151 e. The van der Waals surface area contributed by atoms with Crippen LogP contribution in [-0.2, 0) is 6.54 Å². The Kier molecular flexibility index (Phi) is 1.78. The Labute approximate surface area is 56.8 Å². The van der Waals surface area contributed by atoms with Crippen molar-refractivity contribution >= 4 is 11.3 Å². The molecule has 0 aliphatic heterocycles. The van der Waals surface area contributed by atoms with E-state index in [0.717, 1.165) is 0 Å². The number of nitrogens with one attached hydrogen (secondary N) is 1. The highest BCUT2D eigenvalue weighted by molar-refractivity contribution is 7.09. The third-order valence-electron chi connectivity index (χ3n) is 0.818. The first-order valence-electron chi connectivity index (χ1n) is 2.36. The molecule has 0 fully saturated rings. The van der Waals surface area contributed by atoms with Crippen LogP contribution in [0.15, 0.2) is 5.38 Å². The first-order chi connectivity index (χ1) is 4.36. The summed E-state index contributed by atoms with van der Waals surface area (Å²) in [7, 11) is 0. The van der Waals surface area contributed by atoms with Gasteiger partial charge in [0.2, 0.25) is 0 Å². The number of rotatable bonds is 1. The van der Waals surface area contributed by atoms with Gasteiger partial charge in [0, 0.05) is 5.38 Å². The van der Waals surface area contributed by atoms with Gasteiger partial charge in [0.15, 0.2) is 5.69 Å². The summed E-state index contributed by atoms with van der Waals surface area (Å²) >= 11 is 1.35. The van der Waals surface area contributed by atoms with Crippen molar-refractivity contribution in [3.63, 3.8) is 0 Å². The van der Waals surface area contributed by atoms with Gasteiger partial charge in [-0.2, -0.15) is 5.26 Å². The minimum Gasteiger partial charge on any atom is -0.251 e. The van der Waals surface area contributed by atoms with Gasteiger partial charge in [-0.15, -0.1) is 11.3 Å². The van der Waals surface area contributed by atoms with E-state index in [1.165, 1.54) is 11.3 Å². The van der Waals surface area contributed by atoms with E-state index in [9.17, 15) is 0 Å². The Morgan fingerprint density at radius 3 is 3.00 bits per heavy atom. The van der Waals surface area contributed by atoms with Gasteiger partial charge in [-0.3, -0.25) is 5.73 Å². The molecule has 0 aliphatic carbocycles. The first-order valence-corrected chi connectivity index (χ1v) is 3.24. The van der Waals surface area contributed by atoms with Crippen LogP contribution in [0, 0.1) is 11.3 Å². The molecule has 0 atom stereocenters. The maximum atomic E-state index is 8.28. The number of hydrogen-bond donors (Lipinski definition) is 0. The average Bonchev–Trinajstić information content (AvgIpc) is 2.34. The average molecular weight is 138 g/mol. The molecular weight excluding hydrogens is 134 g/mol. The largest absolute Gasteiger partial charge is 0.251 e. The van der Waals surface area contributed by atoms with E-state index >= 15 is 0 Å². The number of thiazole rings is 1. The molecule has 0 unspecified atom stereocenters. The van der Waals surface area contributed by atoms with Crippen molar-refractivity contribution in [2.75, 3.05) is 0 Å². The summed E-state index contributed by atoms with van der Waals surface area (Å²) in [5, 5.41) is 10.6. The maximum absolute atomic E-state index is 8.28. The fourth-order valence-corrected chi connectivity index (χ4v) is 1.03. The third kappa shape index (κ3) is 1.25. The summed E-state index contributed by atoms with van der Waals surface area (Å²) in [5.74, 6) is 0. The van der Waals surface area contributed by atoms with Crippen LogP contribution in [0.4, 0.5) is 0 Å². The van der Waals surface area contributed by atoms with Crippen LogP contribution < -0.4 is 5.73 Å². The van der Waals surface area contributed by atoms with Crippen LogP contribution in [0.5, 0.6) is 0 Å². The van der Waals surface area contributed by atoms with E-state index in [4.69, 9.17) is 11.0 Å². The van der Waals surface area contributed by atoms with E-state index in [-0.39, 0.29) is 6.54 Å². The van der Waals surface area contributed by atoms with Crippen molar-refractivity contribution in [1.82, 2.24) is 10.7 Å². The third-order valence-corrected chi connectivity index (χ3v) is 1.67. The van der Waals surface area contributed by atoms with Crippen LogP contribution >= 0.6 is 11.3 Å². The zero-order valence-corrected chi connectivity index (χ0v) is 5.40. The van der Waals surface area contributed by atoms with Crippen LogP contribution in [0.1, 0.15) is 10.7 Å². The molecule has 0 spiro atoms. The molecule has 1 heterocycles. The zero-order chi connectivity index (χ0) is 6.69. The molecule has 1 aromatic heterocycles. The van der Waals surface area contributed by atoms with Gasteiger partial charge in [-0.25, -0.2) is 4.98 Å². The molecule has 0 aliphatic rings. The molecule has 0 saturated carbocycles. The van der Waals surface area contributed by atoms with Gasteiger partial charge in [-0.05, 0) is 0 Å². The molecule has 45 valence electrons. The summed E-state index contributed by atoms with van der Waals surface area (Å²) in [6.07, 6.45) is 0. The lowest BCUT2D eigenvalue weighted by molar-refractivity contribution is 0.996. The summed E-state index contributed by atoms with van der Waals surface area (Å²) in [6.45, 7) is 0.173. The van der Waals surface area contributed by atoms with Crippen LogP contribution in [0.3, 0.4) is 0 Å². The lowest BCUT2D eigenvalue weighted by atomic mass is 10.5. The predicted molar refractivity (Wildman–Crippen MR) is 33.6 cm³/mol. The minimum atomic E-state index is 0.173. The lowest BCUT2D eigenvalue weighted by Crippen LogP contribution is -1.81. The Bertz CT molecular complexity index is 235. The Balaban J connectivity index is 2.90. The molecule has 1 radical (unpaired) electrons. The second-order valence-electron chi connectivity index (χ2n) is 1.42. The van der Waals surface area contributed by atoms with Crippen molar-refractivity contribution in [3.05, 3.63) is 16.1 Å². The van der Waals surface area contributed by atoms with Crippen LogP contribution in [-0.4, -0.2) is 4.98 Å². The quantitative estimate of drug-likeness (QED) is 0.576. The molecule has 0 bridgehead atoms. The Morgan fingerprint density at radius 1 is 1.89 bits per heavy atom. The van der Waals surface area contributed by atoms with E-state index in [1.54, 1.807) is 5.38 Å². The SMILES string of the molecule is N#Cc1csc(C[NH])n1. The van der Waals surface area contributed by atoms with Gasteiger partial charge in [0.05, 0.1) is 6.54 Å². The number of nitrogens with zero attached hydrogens (tertiary/aromatic N) is 2. The standard InChI is InChI=1S/C5H4N3S/c6-1-4-3-9-5(2-7)8-4/h3,7H,2H2. The van der Waals surface area contributed by atoms with E-state index in [0.29, 0.717) is 10.7 Å². The molecule has 1 rings (SSSR count). The van der Waals surface area contributed by atoms with Crippen molar-refractivity contribution in [3.8, 4) is 6.07 Å². The predicted octanol–water partition coefficient (Wildman–Crippen LogP) is 0.798. The summed E-state index contributed by atoms with van der Waals surface area (Å²) in [5.41, 5.74) is 7.29. The van der Waals surface area contributed by atoms with Crippen molar-refractivity contribution in [2.24, 2.45) is 0 Å². The van der Waals surface area contributed by atoms with Gasteiger partial charge in [0.25, 0.3) is 0 Å². The summed E-state index contributed by atoms with van der Waals surface area (Å²) in [4.78, 5) is 3.82. The van der Waals surface area contributed by atoms with Crippen molar-refractivity contribution in [1.29, 1.82) is 5.26 Å². The summed E-state index contributed by atoms with van der Waals surface area (Å²) in [6, 6.07) is 1.90. The molecule has 4 heteroatoms. The molecular formula is C5H4N3S. The highest BCUT2D eigenvalue weighted by Gasteiger charge is 1.96. The van der Waals surface area contributed by atoms with Gasteiger partial charge in [0.1, 0.15) is 11.1 Å². The summed E-state index contributed by atoms with van der Waals surface area (Å²) < 4.78 is 0. The second-order valence-corrected chi connectivity index (χ2v) is 2.36. The van der Waals surface area contributed by atoms with Crippen LogP contribution in [0.2, 0.25) is 0 Å². The van der Waals surface area contributed by atoms with Gasteiger partial charge < -0.3 is 0 Å². The highest BCUT2D eigenvalue weighted by atomic mass is 32.1. The molecule has 3 nitrogen and oxygen atoms in total. The lowest BCUT2D eigenvalue weighted by Gasteiger charge is -1.78. The van der Waals surface area contributed by atoms with Gasteiger partial charge in [-0.1, -0.05) is 0 Å². The fourth-order valence-electron chi connectivity index (χ4n) is 0.443. The van der Waals surface area contributed by atoms with Gasteiger partial charge >= 0.3 is 0 Å². The Hall–Kier alpha value is -0.920. The zero-order valence-electron chi connectivity index (χ0n) is 4.59.